The summed E-state index contributed by atoms with van der Waals surface area (Å²) in [6.45, 7) is 3.71. The molecule has 0 spiro atoms. The first kappa shape index (κ1) is 15.7. The second-order valence-electron chi connectivity index (χ2n) is 5.56. The zero-order valence-corrected chi connectivity index (χ0v) is 11.9. The Morgan fingerprint density at radius 3 is 2.63 bits per heavy atom. The lowest BCUT2D eigenvalue weighted by Gasteiger charge is -2.21. The van der Waals surface area contributed by atoms with Crippen LogP contribution in [0.4, 0.5) is 0 Å². The van der Waals surface area contributed by atoms with Crippen LogP contribution in [0.5, 0.6) is 0 Å². The highest BCUT2D eigenvalue weighted by Crippen LogP contribution is 2.18. The van der Waals surface area contributed by atoms with Crippen molar-refractivity contribution in [3.8, 4) is 0 Å². The maximum atomic E-state index is 12.0. The number of amides is 1. The summed E-state index contributed by atoms with van der Waals surface area (Å²) in [5, 5.41) is 11.8. The van der Waals surface area contributed by atoms with E-state index >= 15 is 0 Å². The van der Waals surface area contributed by atoms with Crippen LogP contribution in [0, 0.1) is 11.8 Å². The van der Waals surface area contributed by atoms with Gasteiger partial charge in [-0.15, -0.1) is 0 Å². The van der Waals surface area contributed by atoms with E-state index in [-0.39, 0.29) is 23.8 Å². The topological polar surface area (TPSA) is 66.4 Å². The maximum absolute atomic E-state index is 12.0. The summed E-state index contributed by atoms with van der Waals surface area (Å²) in [6, 6.07) is 0.124. The van der Waals surface area contributed by atoms with Crippen LogP contribution in [-0.4, -0.2) is 23.0 Å². The summed E-state index contributed by atoms with van der Waals surface area (Å²) in [4.78, 5) is 22.7. The van der Waals surface area contributed by atoms with Crippen molar-refractivity contribution in [1.82, 2.24) is 5.32 Å². The lowest BCUT2D eigenvalue weighted by Crippen LogP contribution is -2.37. The molecule has 1 aliphatic rings. The number of carbonyl (C=O) groups is 2. The lowest BCUT2D eigenvalue weighted by molar-refractivity contribution is -0.141. The van der Waals surface area contributed by atoms with Gasteiger partial charge in [0.05, 0.1) is 5.92 Å². The zero-order valence-electron chi connectivity index (χ0n) is 11.9. The molecular formula is C15H25NO3. The van der Waals surface area contributed by atoms with E-state index in [4.69, 9.17) is 5.11 Å². The molecule has 0 heterocycles. The largest absolute Gasteiger partial charge is 0.481 e. The first-order valence-corrected chi connectivity index (χ1v) is 7.19. The first-order valence-electron chi connectivity index (χ1n) is 7.19. The Bertz CT molecular complexity index is 338. The quantitative estimate of drug-likeness (QED) is 0.697. The first-order chi connectivity index (χ1) is 9.00. The van der Waals surface area contributed by atoms with Crippen LogP contribution < -0.4 is 5.32 Å². The van der Waals surface area contributed by atoms with E-state index in [1.54, 1.807) is 6.92 Å². The third-order valence-electron chi connectivity index (χ3n) is 3.72. The summed E-state index contributed by atoms with van der Waals surface area (Å²) in [7, 11) is 0. The van der Waals surface area contributed by atoms with Crippen LogP contribution in [0.3, 0.4) is 0 Å². The van der Waals surface area contributed by atoms with Gasteiger partial charge in [0, 0.05) is 12.0 Å². The smallest absolute Gasteiger partial charge is 0.306 e. The number of aliphatic carboxylic acids is 1. The Hall–Kier alpha value is -1.32. The van der Waals surface area contributed by atoms with E-state index in [9.17, 15) is 9.59 Å². The molecule has 0 aromatic heterocycles. The fraction of sp³-hybridized carbons (Fsp3) is 0.733. The minimum atomic E-state index is -0.745. The SMILES string of the molecule is CC(CCCC(C)C(=O)O)NC(=O)C1CC=CCC1. The van der Waals surface area contributed by atoms with Crippen LogP contribution in [0.2, 0.25) is 0 Å². The minimum Gasteiger partial charge on any atom is -0.481 e. The predicted molar refractivity (Wildman–Crippen MR) is 74.7 cm³/mol. The maximum Gasteiger partial charge on any atom is 0.306 e. The molecule has 1 rings (SSSR count). The fourth-order valence-corrected chi connectivity index (χ4v) is 2.32. The molecule has 3 unspecified atom stereocenters. The molecule has 19 heavy (non-hydrogen) atoms. The molecule has 0 aromatic carbocycles. The molecule has 2 N–H and O–H groups in total. The number of carboxylic acids is 1. The van der Waals surface area contributed by atoms with Gasteiger partial charge in [0.1, 0.15) is 0 Å². The molecule has 1 aliphatic carbocycles. The monoisotopic (exact) mass is 267 g/mol. The Kier molecular flexibility index (Phi) is 6.60. The highest BCUT2D eigenvalue weighted by molar-refractivity contribution is 5.79. The summed E-state index contributed by atoms with van der Waals surface area (Å²) >= 11 is 0. The number of carbonyl (C=O) groups excluding carboxylic acids is 1. The molecule has 1 amide bonds. The number of hydrogen-bond acceptors (Lipinski definition) is 2. The molecule has 0 bridgehead atoms. The van der Waals surface area contributed by atoms with Crippen LogP contribution in [0.1, 0.15) is 52.4 Å². The second-order valence-corrected chi connectivity index (χ2v) is 5.56. The summed E-state index contributed by atoms with van der Waals surface area (Å²) in [6.07, 6.45) is 9.31. The van der Waals surface area contributed by atoms with Crippen molar-refractivity contribution >= 4 is 11.9 Å². The van der Waals surface area contributed by atoms with Gasteiger partial charge in [-0.3, -0.25) is 9.59 Å². The molecule has 0 saturated carbocycles. The van der Waals surface area contributed by atoms with Crippen molar-refractivity contribution in [2.75, 3.05) is 0 Å². The minimum absolute atomic E-state index is 0.116. The van der Waals surface area contributed by atoms with Gasteiger partial charge in [-0.1, -0.05) is 25.5 Å². The van der Waals surface area contributed by atoms with Gasteiger partial charge >= 0.3 is 5.97 Å². The number of hydrogen-bond donors (Lipinski definition) is 2. The number of rotatable bonds is 7. The van der Waals surface area contributed by atoms with Crippen LogP contribution in [0.15, 0.2) is 12.2 Å². The van der Waals surface area contributed by atoms with Crippen molar-refractivity contribution < 1.29 is 14.7 Å². The molecule has 0 aromatic rings. The summed E-state index contributed by atoms with van der Waals surface area (Å²) in [5.74, 6) is -0.786. The van der Waals surface area contributed by atoms with Crippen molar-refractivity contribution in [3.63, 3.8) is 0 Å². The van der Waals surface area contributed by atoms with Crippen LogP contribution in [-0.2, 0) is 9.59 Å². The van der Waals surface area contributed by atoms with E-state index in [0.29, 0.717) is 6.42 Å². The van der Waals surface area contributed by atoms with Gasteiger partial charge in [0.25, 0.3) is 0 Å². The molecule has 4 nitrogen and oxygen atoms in total. The van der Waals surface area contributed by atoms with Crippen molar-refractivity contribution in [2.45, 2.75) is 58.4 Å². The Morgan fingerprint density at radius 2 is 2.05 bits per heavy atom. The Labute approximate surface area is 115 Å². The van der Waals surface area contributed by atoms with Gasteiger partial charge in [-0.25, -0.2) is 0 Å². The fourth-order valence-electron chi connectivity index (χ4n) is 2.32. The molecule has 4 heteroatoms. The summed E-state index contributed by atoms with van der Waals surface area (Å²) < 4.78 is 0. The van der Waals surface area contributed by atoms with Crippen molar-refractivity contribution in [3.05, 3.63) is 12.2 Å². The van der Waals surface area contributed by atoms with Crippen molar-refractivity contribution in [2.24, 2.45) is 11.8 Å². The van der Waals surface area contributed by atoms with Gasteiger partial charge in [0.2, 0.25) is 5.91 Å². The molecule has 0 aliphatic heterocycles. The normalized spacial score (nSPS) is 21.7. The number of carboxylic acid groups (broad SMARTS) is 1. The molecule has 3 atom stereocenters. The van der Waals surface area contributed by atoms with E-state index in [0.717, 1.165) is 32.1 Å². The average Bonchev–Trinajstić information content (AvgIpc) is 2.39. The number of nitrogens with one attached hydrogen (secondary N) is 1. The van der Waals surface area contributed by atoms with Crippen LogP contribution >= 0.6 is 0 Å². The third kappa shape index (κ3) is 5.90. The molecule has 0 fully saturated rings. The highest BCUT2D eigenvalue weighted by atomic mass is 16.4. The molecule has 0 radical (unpaired) electrons. The van der Waals surface area contributed by atoms with Gasteiger partial charge in [-0.05, 0) is 39.0 Å². The predicted octanol–water partition coefficient (Wildman–Crippen LogP) is 2.74. The van der Waals surface area contributed by atoms with E-state index in [1.807, 2.05) is 6.92 Å². The average molecular weight is 267 g/mol. The van der Waals surface area contributed by atoms with E-state index < -0.39 is 5.97 Å². The van der Waals surface area contributed by atoms with E-state index in [1.165, 1.54) is 0 Å². The molecule has 108 valence electrons. The van der Waals surface area contributed by atoms with Crippen LogP contribution in [0.25, 0.3) is 0 Å². The van der Waals surface area contributed by atoms with Gasteiger partial charge in [-0.2, -0.15) is 0 Å². The Morgan fingerprint density at radius 1 is 1.32 bits per heavy atom. The second kappa shape index (κ2) is 7.97. The molecular weight excluding hydrogens is 242 g/mol. The standard InChI is InChI=1S/C15H25NO3/c1-11(15(18)19)7-6-8-12(2)16-14(17)13-9-4-3-5-10-13/h3-4,11-13H,5-10H2,1-2H3,(H,16,17)(H,18,19). The highest BCUT2D eigenvalue weighted by Gasteiger charge is 2.20. The van der Waals surface area contributed by atoms with E-state index in [2.05, 4.69) is 17.5 Å². The Balaban J connectivity index is 2.19. The third-order valence-corrected chi connectivity index (χ3v) is 3.72. The zero-order chi connectivity index (χ0) is 14.3. The summed E-state index contributed by atoms with van der Waals surface area (Å²) in [5.41, 5.74) is 0. The van der Waals surface area contributed by atoms with Crippen molar-refractivity contribution in [1.29, 1.82) is 0 Å². The van der Waals surface area contributed by atoms with Gasteiger partial charge in [0.15, 0.2) is 0 Å². The number of allylic oxidation sites excluding steroid dienone is 2. The molecule has 0 saturated heterocycles. The van der Waals surface area contributed by atoms with Gasteiger partial charge < -0.3 is 10.4 Å². The lowest BCUT2D eigenvalue weighted by atomic mass is 9.93.